The summed E-state index contributed by atoms with van der Waals surface area (Å²) in [7, 11) is 1.71. The van der Waals surface area contributed by atoms with Gasteiger partial charge < -0.3 is 14.8 Å². The maximum atomic E-state index is 6.07. The minimum absolute atomic E-state index is 0.114. The third-order valence-electron chi connectivity index (χ3n) is 5.66. The number of fused-ring (bicyclic) bond motifs is 1. The number of rotatable bonds is 7. The highest BCUT2D eigenvalue weighted by atomic mass is 16.5. The Labute approximate surface area is 167 Å². The van der Waals surface area contributed by atoms with Crippen LogP contribution < -0.4 is 10.1 Å². The van der Waals surface area contributed by atoms with Crippen molar-refractivity contribution in [3.63, 3.8) is 0 Å². The molecule has 1 heterocycles. The summed E-state index contributed by atoms with van der Waals surface area (Å²) in [4.78, 5) is 0. The fraction of sp³-hybridized carbons (Fsp3) is 0.280. The van der Waals surface area contributed by atoms with Gasteiger partial charge in [0.25, 0.3) is 0 Å². The van der Waals surface area contributed by atoms with E-state index in [2.05, 4.69) is 72.0 Å². The highest BCUT2D eigenvalue weighted by molar-refractivity contribution is 5.45. The molecule has 0 aliphatic carbocycles. The van der Waals surface area contributed by atoms with Gasteiger partial charge in [-0.25, -0.2) is 0 Å². The maximum Gasteiger partial charge on any atom is 0.119 e. The van der Waals surface area contributed by atoms with E-state index in [0.29, 0.717) is 6.61 Å². The second-order valence-electron chi connectivity index (χ2n) is 7.38. The fourth-order valence-electron chi connectivity index (χ4n) is 4.19. The van der Waals surface area contributed by atoms with E-state index in [1.54, 1.807) is 7.11 Å². The van der Waals surface area contributed by atoms with Crippen LogP contribution >= 0.6 is 0 Å². The average Bonchev–Trinajstić information content (AvgIpc) is 2.77. The molecule has 3 aromatic carbocycles. The molecule has 0 spiro atoms. The van der Waals surface area contributed by atoms with Crippen LogP contribution in [0.4, 0.5) is 0 Å². The number of hydrogen-bond donors (Lipinski definition) is 1. The molecule has 0 amide bonds. The van der Waals surface area contributed by atoms with Gasteiger partial charge in [0.2, 0.25) is 0 Å². The third-order valence-corrected chi connectivity index (χ3v) is 5.66. The van der Waals surface area contributed by atoms with E-state index in [4.69, 9.17) is 9.47 Å². The monoisotopic (exact) mass is 373 g/mol. The number of methoxy groups -OCH3 is 1. The quantitative estimate of drug-likeness (QED) is 0.610. The molecule has 0 aromatic heterocycles. The van der Waals surface area contributed by atoms with E-state index in [1.807, 2.05) is 12.1 Å². The fourth-order valence-corrected chi connectivity index (χ4v) is 4.19. The summed E-state index contributed by atoms with van der Waals surface area (Å²) in [6, 6.07) is 27.7. The molecular formula is C25H27NO2. The van der Waals surface area contributed by atoms with Crippen molar-refractivity contribution in [2.24, 2.45) is 0 Å². The van der Waals surface area contributed by atoms with Crippen molar-refractivity contribution in [1.82, 2.24) is 5.32 Å². The summed E-state index contributed by atoms with van der Waals surface area (Å²) >= 11 is 0. The Kier molecular flexibility index (Phi) is 5.75. The van der Waals surface area contributed by atoms with E-state index in [1.165, 1.54) is 22.3 Å². The molecule has 144 valence electrons. The van der Waals surface area contributed by atoms with Crippen LogP contribution in [0.5, 0.6) is 5.75 Å². The first kappa shape index (κ1) is 18.7. The minimum atomic E-state index is -0.114. The predicted molar refractivity (Wildman–Crippen MR) is 113 cm³/mol. The average molecular weight is 373 g/mol. The van der Waals surface area contributed by atoms with Gasteiger partial charge in [-0.3, -0.25) is 0 Å². The van der Waals surface area contributed by atoms with E-state index in [9.17, 15) is 0 Å². The minimum Gasteiger partial charge on any atom is -0.497 e. The zero-order chi connectivity index (χ0) is 19.2. The Hall–Kier alpha value is -2.62. The molecule has 0 saturated heterocycles. The highest BCUT2D eigenvalue weighted by Crippen LogP contribution is 2.40. The van der Waals surface area contributed by atoms with Gasteiger partial charge in [0.05, 0.1) is 20.3 Å². The molecule has 1 aliphatic rings. The van der Waals surface area contributed by atoms with Crippen LogP contribution in [-0.4, -0.2) is 20.3 Å². The van der Waals surface area contributed by atoms with Gasteiger partial charge in [-0.15, -0.1) is 0 Å². The van der Waals surface area contributed by atoms with E-state index < -0.39 is 0 Å². The Morgan fingerprint density at radius 1 is 0.964 bits per heavy atom. The molecule has 1 unspecified atom stereocenters. The van der Waals surface area contributed by atoms with Crippen LogP contribution in [0, 0.1) is 0 Å². The summed E-state index contributed by atoms with van der Waals surface area (Å²) in [6.45, 7) is 3.14. The zero-order valence-corrected chi connectivity index (χ0v) is 16.4. The lowest BCUT2D eigenvalue weighted by molar-refractivity contribution is 0.0620. The molecule has 3 heteroatoms. The molecule has 3 nitrogen and oxygen atoms in total. The van der Waals surface area contributed by atoms with Crippen molar-refractivity contribution >= 4 is 0 Å². The topological polar surface area (TPSA) is 30.5 Å². The number of nitrogens with one attached hydrogen (secondary N) is 1. The molecule has 1 atom stereocenters. The number of hydrogen-bond acceptors (Lipinski definition) is 3. The zero-order valence-electron chi connectivity index (χ0n) is 16.4. The summed E-state index contributed by atoms with van der Waals surface area (Å²) in [5, 5.41) is 3.61. The normalized spacial score (nSPS) is 18.5. The Morgan fingerprint density at radius 2 is 1.79 bits per heavy atom. The first-order valence-corrected chi connectivity index (χ1v) is 9.87. The molecule has 0 radical (unpaired) electrons. The molecule has 3 aromatic rings. The van der Waals surface area contributed by atoms with Gasteiger partial charge in [-0.05, 0) is 47.4 Å². The van der Waals surface area contributed by atoms with Crippen LogP contribution in [0.25, 0.3) is 0 Å². The molecule has 0 bridgehead atoms. The third kappa shape index (κ3) is 3.82. The molecule has 1 N–H and O–H groups in total. The van der Waals surface area contributed by atoms with Gasteiger partial charge >= 0.3 is 0 Å². The van der Waals surface area contributed by atoms with Crippen LogP contribution in [-0.2, 0) is 23.3 Å². The summed E-state index contributed by atoms with van der Waals surface area (Å²) in [5.74, 6) is 0.898. The molecule has 28 heavy (non-hydrogen) atoms. The van der Waals surface area contributed by atoms with Crippen molar-refractivity contribution in [3.05, 3.63) is 101 Å². The SMILES string of the molecule is COc1cccc(CNCCC2(c3ccccc3)COCc3ccccc32)c1. The Balaban J connectivity index is 1.53. The lowest BCUT2D eigenvalue weighted by Gasteiger charge is -2.40. The number of benzene rings is 3. The van der Waals surface area contributed by atoms with Crippen LogP contribution in [0.15, 0.2) is 78.9 Å². The van der Waals surface area contributed by atoms with Gasteiger partial charge in [-0.1, -0.05) is 66.7 Å². The Bertz CT molecular complexity index is 909. The molecule has 0 fully saturated rings. The standard InChI is InChI=1S/C25H27NO2/c1-27-23-12-7-8-20(16-23)17-26-15-14-25(22-10-3-2-4-11-22)19-28-18-21-9-5-6-13-24(21)25/h2-13,16,26H,14-15,17-19H2,1H3. The first-order chi connectivity index (χ1) is 13.8. The largest absolute Gasteiger partial charge is 0.497 e. The van der Waals surface area contributed by atoms with Crippen molar-refractivity contribution in [3.8, 4) is 5.75 Å². The molecule has 1 aliphatic heterocycles. The van der Waals surface area contributed by atoms with Gasteiger partial charge in [0.15, 0.2) is 0 Å². The Morgan fingerprint density at radius 3 is 2.64 bits per heavy atom. The predicted octanol–water partition coefficient (Wildman–Crippen LogP) is 4.69. The molecule has 4 rings (SSSR count). The van der Waals surface area contributed by atoms with Crippen LogP contribution in [0.2, 0.25) is 0 Å². The van der Waals surface area contributed by atoms with Gasteiger partial charge in [0, 0.05) is 12.0 Å². The van der Waals surface area contributed by atoms with E-state index in [-0.39, 0.29) is 5.41 Å². The van der Waals surface area contributed by atoms with Crippen molar-refractivity contribution in [1.29, 1.82) is 0 Å². The highest BCUT2D eigenvalue weighted by Gasteiger charge is 2.38. The molecular weight excluding hydrogens is 346 g/mol. The van der Waals surface area contributed by atoms with E-state index >= 15 is 0 Å². The smallest absolute Gasteiger partial charge is 0.119 e. The summed E-state index contributed by atoms with van der Waals surface area (Å²) in [5.41, 5.74) is 5.14. The van der Waals surface area contributed by atoms with Crippen molar-refractivity contribution in [2.45, 2.75) is 25.0 Å². The van der Waals surface area contributed by atoms with Gasteiger partial charge in [-0.2, -0.15) is 0 Å². The van der Waals surface area contributed by atoms with Crippen LogP contribution in [0.1, 0.15) is 28.7 Å². The second kappa shape index (κ2) is 8.59. The lowest BCUT2D eigenvalue weighted by atomic mass is 9.70. The first-order valence-electron chi connectivity index (χ1n) is 9.87. The summed E-state index contributed by atoms with van der Waals surface area (Å²) in [6.07, 6.45) is 0.984. The summed E-state index contributed by atoms with van der Waals surface area (Å²) < 4.78 is 11.4. The van der Waals surface area contributed by atoms with Crippen molar-refractivity contribution < 1.29 is 9.47 Å². The molecule has 0 saturated carbocycles. The van der Waals surface area contributed by atoms with E-state index in [0.717, 1.165) is 31.9 Å². The number of ether oxygens (including phenoxy) is 2. The van der Waals surface area contributed by atoms with Crippen LogP contribution in [0.3, 0.4) is 0 Å². The van der Waals surface area contributed by atoms with Crippen molar-refractivity contribution in [2.75, 3.05) is 20.3 Å². The second-order valence-corrected chi connectivity index (χ2v) is 7.38. The van der Waals surface area contributed by atoms with Gasteiger partial charge in [0.1, 0.15) is 5.75 Å². The lowest BCUT2D eigenvalue weighted by Crippen LogP contribution is -2.40. The maximum absolute atomic E-state index is 6.07.